The molecule has 0 heterocycles. The van der Waals surface area contributed by atoms with Gasteiger partial charge in [-0.1, -0.05) is 30.3 Å². The number of nitrogens with zero attached hydrogens (tertiary/aromatic N) is 1. The molecule has 2 aromatic carbocycles. The summed E-state index contributed by atoms with van der Waals surface area (Å²) in [6.45, 7) is 5.87. The zero-order valence-corrected chi connectivity index (χ0v) is 19.0. The fourth-order valence-corrected chi connectivity index (χ4v) is 4.72. The average molecular weight is 430 g/mol. The third kappa shape index (κ3) is 5.14. The maximum atomic E-state index is 11.8. The van der Waals surface area contributed by atoms with Gasteiger partial charge in [-0.05, 0) is 49.9 Å². The molecule has 2 N–H and O–H groups in total. The van der Waals surface area contributed by atoms with Crippen molar-refractivity contribution in [2.45, 2.75) is 43.5 Å². The van der Waals surface area contributed by atoms with E-state index >= 15 is 0 Å². The molecule has 0 unspecified atom stereocenters. The number of methoxy groups -OCH3 is 1. The Morgan fingerprint density at radius 2 is 1.90 bits per heavy atom. The van der Waals surface area contributed by atoms with Crippen LogP contribution in [0.4, 0.5) is 0 Å². The second kappa shape index (κ2) is 9.08. The number of rotatable bonds is 8. The molecule has 0 saturated heterocycles. The summed E-state index contributed by atoms with van der Waals surface area (Å²) in [7, 11) is -1.50. The molecule has 1 aliphatic carbocycles. The molecule has 0 aliphatic heterocycles. The Kier molecular flexibility index (Phi) is 6.71. The molecule has 0 amide bonds. The van der Waals surface area contributed by atoms with Gasteiger partial charge in [0.1, 0.15) is 5.75 Å². The SMILES string of the molecule is CCNC(=NCc1ccc(S(C)(=O)=O)c(C)c1)NCC1(c2ccccc2OC)CC1. The number of benzene rings is 2. The molecule has 3 rings (SSSR count). The van der Waals surface area contributed by atoms with Crippen molar-refractivity contribution >= 4 is 15.8 Å². The first kappa shape index (κ1) is 22.2. The van der Waals surface area contributed by atoms with Gasteiger partial charge < -0.3 is 15.4 Å². The highest BCUT2D eigenvalue weighted by molar-refractivity contribution is 7.90. The molecule has 1 saturated carbocycles. The molecule has 162 valence electrons. The normalized spacial score (nSPS) is 15.5. The molecule has 7 heteroatoms. The fourth-order valence-electron chi connectivity index (χ4n) is 3.77. The molecule has 0 aromatic heterocycles. The van der Waals surface area contributed by atoms with Crippen LogP contribution < -0.4 is 15.4 Å². The smallest absolute Gasteiger partial charge is 0.191 e. The van der Waals surface area contributed by atoms with Crippen LogP contribution in [0, 0.1) is 6.92 Å². The Bertz CT molecular complexity index is 1030. The van der Waals surface area contributed by atoms with Crippen molar-refractivity contribution in [2.24, 2.45) is 4.99 Å². The van der Waals surface area contributed by atoms with E-state index in [1.807, 2.05) is 38.1 Å². The van der Waals surface area contributed by atoms with E-state index in [-0.39, 0.29) is 5.41 Å². The fraction of sp³-hybridized carbons (Fsp3) is 0.435. The van der Waals surface area contributed by atoms with Gasteiger partial charge in [0.25, 0.3) is 0 Å². The second-order valence-corrected chi connectivity index (χ2v) is 9.89. The van der Waals surface area contributed by atoms with E-state index < -0.39 is 9.84 Å². The highest BCUT2D eigenvalue weighted by Crippen LogP contribution is 2.50. The summed E-state index contributed by atoms with van der Waals surface area (Å²) in [6.07, 6.45) is 3.47. The van der Waals surface area contributed by atoms with Gasteiger partial charge in [-0.3, -0.25) is 0 Å². The Balaban J connectivity index is 1.71. The standard InChI is InChI=1S/C23H31N3O3S/c1-5-24-22(25-15-18-10-11-21(17(2)14-18)30(4,27)28)26-16-23(12-13-23)19-8-6-7-9-20(19)29-3/h6-11,14H,5,12-13,15-16H2,1-4H3,(H2,24,25,26). The minimum Gasteiger partial charge on any atom is -0.496 e. The van der Waals surface area contributed by atoms with Crippen molar-refractivity contribution in [2.75, 3.05) is 26.5 Å². The number of hydrogen-bond acceptors (Lipinski definition) is 4. The van der Waals surface area contributed by atoms with Crippen molar-refractivity contribution in [1.29, 1.82) is 0 Å². The lowest BCUT2D eigenvalue weighted by Crippen LogP contribution is -2.41. The monoisotopic (exact) mass is 429 g/mol. The molecule has 0 radical (unpaired) electrons. The number of hydrogen-bond donors (Lipinski definition) is 2. The average Bonchev–Trinajstić information content (AvgIpc) is 3.50. The predicted octanol–water partition coefficient (Wildman–Crippen LogP) is 3.19. The molecular formula is C23H31N3O3S. The summed E-state index contributed by atoms with van der Waals surface area (Å²) in [6, 6.07) is 13.6. The number of ether oxygens (including phenoxy) is 1. The maximum absolute atomic E-state index is 11.8. The molecule has 0 atom stereocenters. The van der Waals surface area contributed by atoms with E-state index in [0.29, 0.717) is 11.4 Å². The third-order valence-corrected chi connectivity index (χ3v) is 6.79. The molecule has 2 aromatic rings. The lowest BCUT2D eigenvalue weighted by atomic mass is 9.95. The Morgan fingerprint density at radius 3 is 2.50 bits per heavy atom. The van der Waals surface area contributed by atoms with Gasteiger partial charge in [0.05, 0.1) is 18.6 Å². The van der Waals surface area contributed by atoms with Crippen LogP contribution in [-0.4, -0.2) is 40.8 Å². The van der Waals surface area contributed by atoms with Gasteiger partial charge in [-0.25, -0.2) is 13.4 Å². The highest BCUT2D eigenvalue weighted by atomic mass is 32.2. The van der Waals surface area contributed by atoms with E-state index in [0.717, 1.165) is 48.8 Å². The lowest BCUT2D eigenvalue weighted by Gasteiger charge is -2.21. The molecule has 0 bridgehead atoms. The molecule has 6 nitrogen and oxygen atoms in total. The van der Waals surface area contributed by atoms with Crippen LogP contribution in [0.2, 0.25) is 0 Å². The Morgan fingerprint density at radius 1 is 1.17 bits per heavy atom. The first-order valence-electron chi connectivity index (χ1n) is 10.2. The van der Waals surface area contributed by atoms with Gasteiger partial charge in [0.2, 0.25) is 0 Å². The van der Waals surface area contributed by atoms with Crippen molar-refractivity contribution in [3.05, 3.63) is 59.2 Å². The first-order valence-corrected chi connectivity index (χ1v) is 12.1. The van der Waals surface area contributed by atoms with Crippen LogP contribution in [-0.2, 0) is 21.8 Å². The van der Waals surface area contributed by atoms with E-state index in [1.165, 1.54) is 11.8 Å². The van der Waals surface area contributed by atoms with Crippen molar-refractivity contribution in [1.82, 2.24) is 10.6 Å². The number of aryl methyl sites for hydroxylation is 1. The summed E-state index contributed by atoms with van der Waals surface area (Å²) < 4.78 is 29.2. The second-order valence-electron chi connectivity index (χ2n) is 7.90. The van der Waals surface area contributed by atoms with E-state index in [1.54, 1.807) is 13.2 Å². The maximum Gasteiger partial charge on any atom is 0.191 e. The van der Waals surface area contributed by atoms with Gasteiger partial charge in [-0.2, -0.15) is 0 Å². The van der Waals surface area contributed by atoms with E-state index in [4.69, 9.17) is 9.73 Å². The molecule has 1 fully saturated rings. The minimum absolute atomic E-state index is 0.0799. The summed E-state index contributed by atoms with van der Waals surface area (Å²) >= 11 is 0. The summed E-state index contributed by atoms with van der Waals surface area (Å²) in [5.74, 6) is 1.68. The summed E-state index contributed by atoms with van der Waals surface area (Å²) in [5.41, 5.74) is 3.04. The topological polar surface area (TPSA) is 79.8 Å². The number of para-hydroxylation sites is 1. The zero-order chi connectivity index (χ0) is 21.8. The van der Waals surface area contributed by atoms with Crippen LogP contribution in [0.15, 0.2) is 52.4 Å². The van der Waals surface area contributed by atoms with Crippen LogP contribution in [0.1, 0.15) is 36.5 Å². The van der Waals surface area contributed by atoms with Gasteiger partial charge in [0.15, 0.2) is 15.8 Å². The lowest BCUT2D eigenvalue weighted by molar-refractivity contribution is 0.403. The van der Waals surface area contributed by atoms with Gasteiger partial charge >= 0.3 is 0 Å². The molecule has 0 spiro atoms. The van der Waals surface area contributed by atoms with Crippen LogP contribution in [0.25, 0.3) is 0 Å². The highest BCUT2D eigenvalue weighted by Gasteiger charge is 2.46. The van der Waals surface area contributed by atoms with Crippen LogP contribution >= 0.6 is 0 Å². The minimum atomic E-state index is -3.21. The van der Waals surface area contributed by atoms with Crippen LogP contribution in [0.3, 0.4) is 0 Å². The number of aliphatic imine (C=N–C) groups is 1. The summed E-state index contributed by atoms with van der Waals surface area (Å²) in [4.78, 5) is 5.07. The molecule has 1 aliphatic rings. The van der Waals surface area contributed by atoms with Gasteiger partial charge in [0, 0.05) is 30.3 Å². The Hall–Kier alpha value is -2.54. The quantitative estimate of drug-likeness (QED) is 0.498. The summed E-state index contributed by atoms with van der Waals surface area (Å²) in [5, 5.41) is 6.78. The molecule has 30 heavy (non-hydrogen) atoms. The number of nitrogens with one attached hydrogen (secondary N) is 2. The van der Waals surface area contributed by atoms with Crippen LogP contribution in [0.5, 0.6) is 5.75 Å². The van der Waals surface area contributed by atoms with E-state index in [2.05, 4.69) is 22.8 Å². The van der Waals surface area contributed by atoms with Crippen molar-refractivity contribution in [3.63, 3.8) is 0 Å². The zero-order valence-electron chi connectivity index (χ0n) is 18.2. The molecular weight excluding hydrogens is 398 g/mol. The largest absolute Gasteiger partial charge is 0.496 e. The number of guanidine groups is 1. The predicted molar refractivity (Wildman–Crippen MR) is 121 cm³/mol. The van der Waals surface area contributed by atoms with Crippen molar-refractivity contribution in [3.8, 4) is 5.75 Å². The van der Waals surface area contributed by atoms with Crippen molar-refractivity contribution < 1.29 is 13.2 Å². The Labute approximate surface area is 179 Å². The van der Waals surface area contributed by atoms with E-state index in [9.17, 15) is 8.42 Å². The first-order chi connectivity index (χ1) is 14.3. The van der Waals surface area contributed by atoms with Gasteiger partial charge in [-0.15, -0.1) is 0 Å². The number of sulfone groups is 1. The third-order valence-electron chi connectivity index (χ3n) is 5.53.